The molecule has 1 unspecified atom stereocenters. The van der Waals surface area contributed by atoms with Gasteiger partial charge >= 0.3 is 0 Å². The normalized spacial score (nSPS) is 18.8. The molecule has 1 aromatic heterocycles. The lowest BCUT2D eigenvalue weighted by Crippen LogP contribution is -2.38. The number of fused-ring (bicyclic) bond motifs is 2. The largest absolute Gasteiger partial charge is 0.454 e. The maximum absolute atomic E-state index is 5.55. The fourth-order valence-electron chi connectivity index (χ4n) is 3.58. The van der Waals surface area contributed by atoms with Crippen molar-refractivity contribution in [2.75, 3.05) is 6.79 Å². The summed E-state index contributed by atoms with van der Waals surface area (Å²) >= 11 is 1.80. The summed E-state index contributed by atoms with van der Waals surface area (Å²) in [6, 6.07) is 6.34. The van der Waals surface area contributed by atoms with E-state index in [2.05, 4.69) is 44.4 Å². The van der Waals surface area contributed by atoms with Crippen LogP contribution in [-0.4, -0.2) is 13.0 Å². The molecule has 2 aliphatic rings. The molecule has 4 rings (SSSR count). The van der Waals surface area contributed by atoms with Crippen LogP contribution in [0.1, 0.15) is 48.1 Å². The average Bonchev–Trinajstić information content (AvgIpc) is 3.18. The van der Waals surface area contributed by atoms with Gasteiger partial charge in [-0.1, -0.05) is 19.4 Å². The highest BCUT2D eigenvalue weighted by atomic mass is 32.1. The molecular formula is C20H24N2O2S. The number of nitrogens with one attached hydrogen (secondary N) is 1. The second kappa shape index (κ2) is 6.71. The maximum atomic E-state index is 5.55. The van der Waals surface area contributed by atoms with Gasteiger partial charge in [0.2, 0.25) is 6.79 Å². The summed E-state index contributed by atoms with van der Waals surface area (Å²) in [5.41, 5.74) is 2.66. The van der Waals surface area contributed by atoms with Crippen LogP contribution in [0.3, 0.4) is 0 Å². The Balaban J connectivity index is 1.58. The highest BCUT2D eigenvalue weighted by Crippen LogP contribution is 2.37. The number of benzene rings is 1. The Bertz CT molecular complexity index is 903. The number of ether oxygens (including phenoxy) is 2. The third kappa shape index (κ3) is 3.13. The zero-order valence-corrected chi connectivity index (χ0v) is 15.8. The number of hydrogen-bond acceptors (Lipinski definition) is 5. The second-order valence-electron chi connectivity index (χ2n) is 6.79. The summed E-state index contributed by atoms with van der Waals surface area (Å²) in [6.07, 6.45) is 5.56. The van der Waals surface area contributed by atoms with Crippen LogP contribution in [0.5, 0.6) is 11.5 Å². The van der Waals surface area contributed by atoms with E-state index >= 15 is 0 Å². The first-order valence-electron chi connectivity index (χ1n) is 8.95. The Morgan fingerprint density at radius 2 is 2.12 bits per heavy atom. The van der Waals surface area contributed by atoms with Crippen LogP contribution in [0.15, 0.2) is 23.2 Å². The van der Waals surface area contributed by atoms with Crippen LogP contribution < -0.4 is 24.7 Å². The number of aryl methyl sites for hydroxylation is 1. The Kier molecular flexibility index (Phi) is 4.42. The molecule has 1 aromatic carbocycles. The Labute approximate surface area is 152 Å². The van der Waals surface area contributed by atoms with Crippen molar-refractivity contribution in [3.63, 3.8) is 0 Å². The van der Waals surface area contributed by atoms with Gasteiger partial charge in [0.25, 0.3) is 0 Å². The third-order valence-corrected chi connectivity index (χ3v) is 6.25. The molecule has 0 aliphatic carbocycles. The Hall–Kier alpha value is -2.01. The molecule has 5 heteroatoms. The second-order valence-corrected chi connectivity index (χ2v) is 8.00. The minimum absolute atomic E-state index is 0.131. The van der Waals surface area contributed by atoms with E-state index in [1.807, 2.05) is 6.07 Å². The topological polar surface area (TPSA) is 42.9 Å². The van der Waals surface area contributed by atoms with Crippen molar-refractivity contribution < 1.29 is 9.47 Å². The van der Waals surface area contributed by atoms with E-state index in [1.165, 1.54) is 25.9 Å². The smallest absolute Gasteiger partial charge is 0.231 e. The lowest BCUT2D eigenvalue weighted by molar-refractivity contribution is 0.174. The number of thiophene rings is 1. The highest BCUT2D eigenvalue weighted by Gasteiger charge is 2.21. The molecule has 0 spiro atoms. The summed E-state index contributed by atoms with van der Waals surface area (Å²) in [7, 11) is 0. The first kappa shape index (κ1) is 16.5. The van der Waals surface area contributed by atoms with Crippen LogP contribution in [-0.2, 0) is 0 Å². The van der Waals surface area contributed by atoms with Crippen LogP contribution in [0, 0.1) is 13.8 Å². The van der Waals surface area contributed by atoms with Gasteiger partial charge < -0.3 is 14.8 Å². The molecule has 3 heterocycles. The molecule has 0 amide bonds. The van der Waals surface area contributed by atoms with Crippen molar-refractivity contribution in [1.29, 1.82) is 0 Å². The zero-order valence-electron chi connectivity index (χ0n) is 15.0. The van der Waals surface area contributed by atoms with Crippen molar-refractivity contribution in [3.05, 3.63) is 44.1 Å². The van der Waals surface area contributed by atoms with E-state index in [-0.39, 0.29) is 6.17 Å². The molecule has 0 saturated heterocycles. The average molecular weight is 356 g/mol. The molecule has 1 N–H and O–H groups in total. The van der Waals surface area contributed by atoms with Gasteiger partial charge in [-0.15, -0.1) is 11.3 Å². The lowest BCUT2D eigenvalue weighted by atomic mass is 9.90. The predicted molar refractivity (Wildman–Crippen MR) is 101 cm³/mol. The number of nitrogens with zero attached hydrogens (tertiary/aromatic N) is 1. The summed E-state index contributed by atoms with van der Waals surface area (Å²) in [6.45, 7) is 6.90. The molecule has 0 bridgehead atoms. The standard InChI is InChI=1S/C20H24N2O2S/c1-4-5-14(15-6-7-17-18(8-15)24-11-23-17)9-19-21-10-16-12(2)13(3)25-20(16)22-19/h6-8,10,14,19,21H,4-5,9,11H2,1-3H3/t14?,19-/m1/s1. The summed E-state index contributed by atoms with van der Waals surface area (Å²) in [4.78, 5) is 6.32. The van der Waals surface area contributed by atoms with Crippen molar-refractivity contribution >= 4 is 17.5 Å². The molecule has 2 atom stereocenters. The van der Waals surface area contributed by atoms with Gasteiger partial charge in [0, 0.05) is 16.3 Å². The molecule has 2 aliphatic heterocycles. The van der Waals surface area contributed by atoms with Gasteiger partial charge in [0.05, 0.1) is 0 Å². The minimum atomic E-state index is 0.131. The molecule has 25 heavy (non-hydrogen) atoms. The highest BCUT2D eigenvalue weighted by molar-refractivity contribution is 7.09. The fourth-order valence-corrected chi connectivity index (χ4v) is 4.63. The summed E-state index contributed by atoms with van der Waals surface area (Å²) in [5.74, 6) is 2.17. The van der Waals surface area contributed by atoms with Crippen LogP contribution in [0.25, 0.3) is 6.20 Å². The van der Waals surface area contributed by atoms with Crippen molar-refractivity contribution in [3.8, 4) is 11.5 Å². The van der Waals surface area contributed by atoms with Gasteiger partial charge in [-0.05, 0) is 55.9 Å². The maximum Gasteiger partial charge on any atom is 0.231 e. The molecule has 2 aromatic rings. The van der Waals surface area contributed by atoms with E-state index in [9.17, 15) is 0 Å². The quantitative estimate of drug-likeness (QED) is 0.893. The summed E-state index contributed by atoms with van der Waals surface area (Å²) in [5, 5.41) is 4.76. The van der Waals surface area contributed by atoms with Gasteiger partial charge in [0.1, 0.15) is 10.8 Å². The van der Waals surface area contributed by atoms with Gasteiger partial charge in [-0.2, -0.15) is 0 Å². The van der Waals surface area contributed by atoms with Crippen LogP contribution >= 0.6 is 11.3 Å². The van der Waals surface area contributed by atoms with Crippen LogP contribution in [0.2, 0.25) is 0 Å². The van der Waals surface area contributed by atoms with E-state index < -0.39 is 0 Å². The molecule has 132 valence electrons. The van der Waals surface area contributed by atoms with Crippen LogP contribution in [0.4, 0.5) is 0 Å². The van der Waals surface area contributed by atoms with Gasteiger partial charge in [-0.3, -0.25) is 0 Å². The van der Waals surface area contributed by atoms with E-state index in [1.54, 1.807) is 11.3 Å². The summed E-state index contributed by atoms with van der Waals surface area (Å²) < 4.78 is 12.2. The van der Waals surface area contributed by atoms with E-state index in [4.69, 9.17) is 14.5 Å². The van der Waals surface area contributed by atoms with Crippen molar-refractivity contribution in [2.45, 2.75) is 52.1 Å². The van der Waals surface area contributed by atoms with Crippen molar-refractivity contribution in [2.24, 2.45) is 4.99 Å². The first-order chi connectivity index (χ1) is 12.2. The van der Waals surface area contributed by atoms with Gasteiger partial charge in [0.15, 0.2) is 11.5 Å². The Morgan fingerprint density at radius 1 is 1.28 bits per heavy atom. The number of hydrogen-bond donors (Lipinski definition) is 1. The minimum Gasteiger partial charge on any atom is -0.454 e. The third-order valence-electron chi connectivity index (χ3n) is 5.12. The van der Waals surface area contributed by atoms with E-state index in [0.717, 1.165) is 30.8 Å². The SMILES string of the molecule is CCCC(C[C@H]1N=c2sc(C)c(C)c2=CN1)c1ccc2c(c1)OCO2. The lowest BCUT2D eigenvalue weighted by Gasteiger charge is -2.23. The van der Waals surface area contributed by atoms with E-state index in [0.29, 0.717) is 12.7 Å². The zero-order chi connectivity index (χ0) is 17.4. The van der Waals surface area contributed by atoms with Crippen molar-refractivity contribution in [1.82, 2.24) is 5.32 Å². The molecule has 0 fully saturated rings. The Morgan fingerprint density at radius 3 is 2.96 bits per heavy atom. The molecular weight excluding hydrogens is 332 g/mol. The molecule has 0 saturated carbocycles. The predicted octanol–water partition coefficient (Wildman–Crippen LogP) is 3.35. The molecule has 0 radical (unpaired) electrons. The molecule has 4 nitrogen and oxygen atoms in total. The van der Waals surface area contributed by atoms with Gasteiger partial charge in [-0.25, -0.2) is 4.99 Å². The monoisotopic (exact) mass is 356 g/mol. The number of rotatable bonds is 5. The fraction of sp³-hybridized carbons (Fsp3) is 0.450. The first-order valence-corrected chi connectivity index (χ1v) is 9.77.